The van der Waals surface area contributed by atoms with Gasteiger partial charge in [-0.2, -0.15) is 4.98 Å². The molecule has 3 aromatic rings. The number of benzene rings is 2. The number of ether oxygens (including phenoxy) is 2. The lowest BCUT2D eigenvalue weighted by molar-refractivity contribution is -0.385. The van der Waals surface area contributed by atoms with E-state index in [0.29, 0.717) is 31.9 Å². The number of carbonyl (C=O) groups excluding carboxylic acids is 1. The number of aliphatic hydroxyl groups excluding tert-OH is 1. The van der Waals surface area contributed by atoms with Crippen LogP contribution in [0.25, 0.3) is 0 Å². The predicted octanol–water partition coefficient (Wildman–Crippen LogP) is 2.79. The Hall–Kier alpha value is -4.32. The number of para-hydroxylation sites is 1. The van der Waals surface area contributed by atoms with Crippen molar-refractivity contribution in [3.8, 4) is 11.6 Å². The number of nitrogens with zero attached hydrogens (tertiary/aromatic N) is 5. The first-order valence-electron chi connectivity index (χ1n) is 10.8. The predicted molar refractivity (Wildman–Crippen MR) is 123 cm³/mol. The van der Waals surface area contributed by atoms with Crippen molar-refractivity contribution in [1.29, 1.82) is 0 Å². The Labute approximate surface area is 199 Å². The average molecular weight is 483 g/mol. The van der Waals surface area contributed by atoms with E-state index >= 15 is 0 Å². The van der Waals surface area contributed by atoms with Gasteiger partial charge < -0.3 is 24.4 Å². The van der Waals surface area contributed by atoms with Gasteiger partial charge in [-0.25, -0.2) is 14.2 Å². The number of aliphatic hydroxyl groups is 1. The standard InChI is InChI=1S/C23H22FN5O6/c24-18-3-1-2-4-19(18)27-9-11-28(12-10-27)21-20(29(32)33)22(26-15-25-21)35-17-7-5-16(6-8-17)23(31)34-14-13-30/h1-8,15,30H,9-14H2. The third kappa shape index (κ3) is 5.44. The van der Waals surface area contributed by atoms with E-state index in [9.17, 15) is 19.3 Å². The Morgan fingerprint density at radius 3 is 2.40 bits per heavy atom. The van der Waals surface area contributed by atoms with Crippen molar-refractivity contribution < 1.29 is 28.7 Å². The summed E-state index contributed by atoms with van der Waals surface area (Å²) in [6.45, 7) is 1.26. The normalized spacial score (nSPS) is 13.4. The minimum Gasteiger partial charge on any atom is -0.460 e. The van der Waals surface area contributed by atoms with Crippen LogP contribution < -0.4 is 14.5 Å². The first-order chi connectivity index (χ1) is 17.0. The lowest BCUT2D eigenvalue weighted by Gasteiger charge is -2.36. The number of anilines is 2. The van der Waals surface area contributed by atoms with Gasteiger partial charge in [0.2, 0.25) is 5.82 Å². The Kier molecular flexibility index (Phi) is 7.31. The lowest BCUT2D eigenvalue weighted by atomic mass is 10.2. The van der Waals surface area contributed by atoms with Crippen LogP contribution in [0.3, 0.4) is 0 Å². The smallest absolute Gasteiger partial charge is 0.373 e. The molecule has 1 aliphatic heterocycles. The molecule has 0 unspecified atom stereocenters. The highest BCUT2D eigenvalue weighted by atomic mass is 19.1. The molecule has 1 N–H and O–H groups in total. The molecule has 2 aromatic carbocycles. The molecule has 11 nitrogen and oxygen atoms in total. The minimum absolute atomic E-state index is 0.109. The van der Waals surface area contributed by atoms with Gasteiger partial charge in [-0.3, -0.25) is 10.1 Å². The van der Waals surface area contributed by atoms with Gasteiger partial charge in [0.25, 0.3) is 0 Å². The second-order valence-corrected chi connectivity index (χ2v) is 7.52. The number of hydrogen-bond donors (Lipinski definition) is 1. The van der Waals surface area contributed by atoms with Crippen molar-refractivity contribution in [2.24, 2.45) is 0 Å². The summed E-state index contributed by atoms with van der Waals surface area (Å²) >= 11 is 0. The summed E-state index contributed by atoms with van der Waals surface area (Å²) in [5, 5.41) is 20.7. The molecule has 0 radical (unpaired) electrons. The molecule has 1 aliphatic rings. The molecule has 0 bridgehead atoms. The van der Waals surface area contributed by atoms with Crippen LogP contribution in [0.5, 0.6) is 11.6 Å². The minimum atomic E-state index is -0.615. The molecular weight excluding hydrogens is 461 g/mol. The molecule has 0 aliphatic carbocycles. The van der Waals surface area contributed by atoms with E-state index < -0.39 is 16.6 Å². The van der Waals surface area contributed by atoms with Crippen LogP contribution >= 0.6 is 0 Å². The number of rotatable bonds is 8. The largest absolute Gasteiger partial charge is 0.460 e. The van der Waals surface area contributed by atoms with Crippen LogP contribution in [-0.4, -0.2) is 65.4 Å². The monoisotopic (exact) mass is 483 g/mol. The van der Waals surface area contributed by atoms with Gasteiger partial charge in [0, 0.05) is 26.2 Å². The van der Waals surface area contributed by atoms with Crippen molar-refractivity contribution in [3.63, 3.8) is 0 Å². The highest BCUT2D eigenvalue weighted by Crippen LogP contribution is 2.36. The zero-order valence-electron chi connectivity index (χ0n) is 18.5. The number of halogens is 1. The molecule has 1 saturated heterocycles. The first-order valence-corrected chi connectivity index (χ1v) is 10.8. The van der Waals surface area contributed by atoms with E-state index in [2.05, 4.69) is 9.97 Å². The van der Waals surface area contributed by atoms with Crippen LogP contribution in [0.15, 0.2) is 54.9 Å². The van der Waals surface area contributed by atoms with Crippen molar-refractivity contribution in [1.82, 2.24) is 9.97 Å². The Balaban J connectivity index is 1.50. The van der Waals surface area contributed by atoms with Gasteiger partial charge in [-0.05, 0) is 36.4 Å². The van der Waals surface area contributed by atoms with Gasteiger partial charge >= 0.3 is 17.5 Å². The molecular formula is C23H22FN5O6. The van der Waals surface area contributed by atoms with Gasteiger partial charge in [0.05, 0.1) is 22.8 Å². The molecule has 1 fully saturated rings. The summed E-state index contributed by atoms with van der Waals surface area (Å²) in [7, 11) is 0. The summed E-state index contributed by atoms with van der Waals surface area (Å²) in [4.78, 5) is 34.9. The van der Waals surface area contributed by atoms with Crippen LogP contribution in [0, 0.1) is 15.9 Å². The maximum Gasteiger partial charge on any atom is 0.373 e. The molecule has 4 rings (SSSR count). The number of aromatic nitrogens is 2. The van der Waals surface area contributed by atoms with E-state index in [0.717, 1.165) is 0 Å². The van der Waals surface area contributed by atoms with Crippen molar-refractivity contribution in [2.75, 3.05) is 49.2 Å². The van der Waals surface area contributed by atoms with E-state index in [1.165, 1.54) is 36.7 Å². The summed E-state index contributed by atoms with van der Waals surface area (Å²) in [6.07, 6.45) is 1.18. The molecule has 2 heterocycles. The fourth-order valence-corrected chi connectivity index (χ4v) is 3.68. The molecule has 0 spiro atoms. The molecule has 12 heteroatoms. The zero-order chi connectivity index (χ0) is 24.8. The van der Waals surface area contributed by atoms with Crippen LogP contribution in [-0.2, 0) is 4.74 Å². The Morgan fingerprint density at radius 2 is 1.74 bits per heavy atom. The number of hydrogen-bond acceptors (Lipinski definition) is 10. The van der Waals surface area contributed by atoms with E-state index in [-0.39, 0.29) is 42.0 Å². The van der Waals surface area contributed by atoms with Gasteiger partial charge in [0.15, 0.2) is 0 Å². The molecule has 0 atom stereocenters. The summed E-state index contributed by atoms with van der Waals surface area (Å²) in [5.74, 6) is -0.849. The molecule has 0 saturated carbocycles. The van der Waals surface area contributed by atoms with E-state index in [1.54, 1.807) is 23.1 Å². The van der Waals surface area contributed by atoms with E-state index in [4.69, 9.17) is 14.6 Å². The molecule has 182 valence electrons. The summed E-state index contributed by atoms with van der Waals surface area (Å²) in [6, 6.07) is 12.2. The van der Waals surface area contributed by atoms with Crippen LogP contribution in [0.2, 0.25) is 0 Å². The number of piperazine rings is 1. The highest BCUT2D eigenvalue weighted by Gasteiger charge is 2.31. The molecule has 0 amide bonds. The van der Waals surface area contributed by atoms with E-state index in [1.807, 2.05) is 4.90 Å². The highest BCUT2D eigenvalue weighted by molar-refractivity contribution is 5.89. The number of nitro groups is 1. The quantitative estimate of drug-likeness (QED) is 0.290. The van der Waals surface area contributed by atoms with Crippen LogP contribution in [0.1, 0.15) is 10.4 Å². The number of carbonyl (C=O) groups is 1. The SMILES string of the molecule is O=C(OCCO)c1ccc(Oc2ncnc(N3CCN(c4ccccc4F)CC3)c2[N+](=O)[O-])cc1. The maximum absolute atomic E-state index is 14.1. The van der Waals surface area contributed by atoms with Crippen LogP contribution in [0.4, 0.5) is 21.6 Å². The second-order valence-electron chi connectivity index (χ2n) is 7.52. The summed E-state index contributed by atoms with van der Waals surface area (Å²) in [5.41, 5.74) is 0.326. The summed E-state index contributed by atoms with van der Waals surface area (Å²) < 4.78 is 24.6. The number of esters is 1. The van der Waals surface area contributed by atoms with Crippen molar-refractivity contribution in [3.05, 3.63) is 76.4 Å². The third-order valence-electron chi connectivity index (χ3n) is 5.35. The Morgan fingerprint density at radius 1 is 1.06 bits per heavy atom. The third-order valence-corrected chi connectivity index (χ3v) is 5.35. The molecule has 35 heavy (non-hydrogen) atoms. The lowest BCUT2D eigenvalue weighted by Crippen LogP contribution is -2.47. The Bertz CT molecular complexity index is 1200. The van der Waals surface area contributed by atoms with Gasteiger partial charge in [0.1, 0.15) is 24.5 Å². The van der Waals surface area contributed by atoms with Gasteiger partial charge in [-0.1, -0.05) is 12.1 Å². The fraction of sp³-hybridized carbons (Fsp3) is 0.261. The average Bonchev–Trinajstić information content (AvgIpc) is 2.88. The topological polar surface area (TPSA) is 131 Å². The zero-order valence-corrected chi connectivity index (χ0v) is 18.5. The second kappa shape index (κ2) is 10.7. The first kappa shape index (κ1) is 23.8. The maximum atomic E-state index is 14.1. The van der Waals surface area contributed by atoms with Gasteiger partial charge in [-0.15, -0.1) is 0 Å². The fourth-order valence-electron chi connectivity index (χ4n) is 3.68. The molecule has 1 aromatic heterocycles. The van der Waals surface area contributed by atoms with Crippen molar-refractivity contribution in [2.45, 2.75) is 0 Å². The van der Waals surface area contributed by atoms with Crippen molar-refractivity contribution >= 4 is 23.2 Å².